The van der Waals surface area contributed by atoms with Crippen LogP contribution in [0.5, 0.6) is 0 Å². The minimum absolute atomic E-state index is 0.191. The number of hydrogen-bond acceptors (Lipinski definition) is 4. The predicted octanol–water partition coefficient (Wildman–Crippen LogP) is 3.59. The Morgan fingerprint density at radius 1 is 1.24 bits per heavy atom. The largest absolute Gasteiger partial charge is 0.433 e. The van der Waals surface area contributed by atoms with Crippen molar-refractivity contribution >= 4 is 11.6 Å². The fraction of sp³-hybridized carbons (Fsp3) is 0.500. The lowest BCUT2D eigenvalue weighted by atomic mass is 10.1. The molecule has 1 aromatic carbocycles. The molecule has 158 valence electrons. The molecule has 0 atom stereocenters. The molecule has 0 radical (unpaired) electrons. The number of hydrogen-bond donors (Lipinski definition) is 0. The van der Waals surface area contributed by atoms with Crippen molar-refractivity contribution in [3.63, 3.8) is 0 Å². The summed E-state index contributed by atoms with van der Waals surface area (Å²) in [6.45, 7) is 6.08. The maximum Gasteiger partial charge on any atom is 0.433 e. The van der Waals surface area contributed by atoms with Crippen LogP contribution in [0.25, 0.3) is 0 Å². The second kappa shape index (κ2) is 8.44. The lowest BCUT2D eigenvalue weighted by Gasteiger charge is -2.31. The van der Waals surface area contributed by atoms with Crippen LogP contribution in [0.15, 0.2) is 30.5 Å². The fourth-order valence-corrected chi connectivity index (χ4v) is 3.48. The quantitative estimate of drug-likeness (QED) is 0.756. The molecule has 2 heterocycles. The molecule has 3 rings (SSSR count). The Hall–Kier alpha value is -2.55. The van der Waals surface area contributed by atoms with Crippen molar-refractivity contribution in [1.82, 2.24) is 14.7 Å². The fourth-order valence-electron chi connectivity index (χ4n) is 3.48. The molecule has 0 N–H and O–H groups in total. The molecule has 0 bridgehead atoms. The van der Waals surface area contributed by atoms with Gasteiger partial charge in [-0.2, -0.15) is 18.3 Å². The molecule has 0 spiro atoms. The number of nitrogens with zero attached hydrogens (tertiary/aromatic N) is 4. The Bertz CT molecular complexity index is 858. The van der Waals surface area contributed by atoms with Gasteiger partial charge in [0, 0.05) is 38.4 Å². The Kier molecular flexibility index (Phi) is 6.16. The second-order valence-corrected chi connectivity index (χ2v) is 7.33. The van der Waals surface area contributed by atoms with Gasteiger partial charge in [0.05, 0.1) is 25.0 Å². The number of alkyl halides is 3. The molecule has 0 saturated carbocycles. The van der Waals surface area contributed by atoms with Crippen molar-refractivity contribution < 1.29 is 22.7 Å². The van der Waals surface area contributed by atoms with Crippen LogP contribution in [-0.4, -0.2) is 53.9 Å². The number of halogens is 3. The zero-order valence-electron chi connectivity index (χ0n) is 16.7. The molecule has 1 amide bonds. The maximum absolute atomic E-state index is 13.6. The monoisotopic (exact) mass is 410 g/mol. The molecule has 1 aliphatic heterocycles. The number of anilines is 1. The molecule has 0 unspecified atom stereocenters. The third-order valence-electron chi connectivity index (χ3n) is 4.88. The summed E-state index contributed by atoms with van der Waals surface area (Å²) in [6, 6.07) is 7.09. The first-order valence-corrected chi connectivity index (χ1v) is 9.51. The molecule has 2 aromatic rings. The summed E-state index contributed by atoms with van der Waals surface area (Å²) >= 11 is 0. The van der Waals surface area contributed by atoms with Gasteiger partial charge < -0.3 is 14.5 Å². The van der Waals surface area contributed by atoms with Gasteiger partial charge in [-0.1, -0.05) is 18.2 Å². The number of benzene rings is 1. The molecule has 6 nitrogen and oxygen atoms in total. The highest BCUT2D eigenvalue weighted by molar-refractivity contribution is 5.95. The normalized spacial score (nSPS) is 15.1. The summed E-state index contributed by atoms with van der Waals surface area (Å²) in [7, 11) is 1.51. The van der Waals surface area contributed by atoms with Crippen molar-refractivity contribution in [2.24, 2.45) is 0 Å². The predicted molar refractivity (Wildman–Crippen MR) is 103 cm³/mol. The van der Waals surface area contributed by atoms with Gasteiger partial charge in [0.25, 0.3) is 5.91 Å². The Labute approximate surface area is 167 Å². The van der Waals surface area contributed by atoms with E-state index in [1.165, 1.54) is 11.9 Å². The van der Waals surface area contributed by atoms with Crippen LogP contribution in [0, 0.1) is 0 Å². The highest BCUT2D eigenvalue weighted by atomic mass is 19.4. The maximum atomic E-state index is 13.6. The molecule has 1 aliphatic rings. The summed E-state index contributed by atoms with van der Waals surface area (Å²) in [5.74, 6) is -0.707. The molecular weight excluding hydrogens is 385 g/mol. The van der Waals surface area contributed by atoms with Crippen molar-refractivity contribution in [3.8, 4) is 0 Å². The summed E-state index contributed by atoms with van der Waals surface area (Å²) < 4.78 is 47.1. The summed E-state index contributed by atoms with van der Waals surface area (Å²) in [4.78, 5) is 16.3. The SMILES string of the molecule is CC(C)n1ncc(C(=O)N(C)Cc2ccccc2N2CCOCC2)c1C(F)(F)F. The van der Waals surface area contributed by atoms with Gasteiger partial charge in [0.1, 0.15) is 0 Å². The number of aromatic nitrogens is 2. The van der Waals surface area contributed by atoms with Crippen molar-refractivity contribution in [2.75, 3.05) is 38.3 Å². The third-order valence-corrected chi connectivity index (χ3v) is 4.88. The molecule has 29 heavy (non-hydrogen) atoms. The molecule has 1 saturated heterocycles. The van der Waals surface area contributed by atoms with Crippen LogP contribution in [-0.2, 0) is 17.5 Å². The average Bonchev–Trinajstić information content (AvgIpc) is 3.14. The van der Waals surface area contributed by atoms with E-state index in [1.54, 1.807) is 13.8 Å². The minimum atomic E-state index is -4.67. The van der Waals surface area contributed by atoms with E-state index >= 15 is 0 Å². The Morgan fingerprint density at radius 3 is 2.52 bits per heavy atom. The van der Waals surface area contributed by atoms with Crippen LogP contribution in [0.2, 0.25) is 0 Å². The van der Waals surface area contributed by atoms with E-state index < -0.39 is 29.4 Å². The molecule has 0 aliphatic carbocycles. The van der Waals surface area contributed by atoms with Gasteiger partial charge in [-0.25, -0.2) is 0 Å². The highest BCUT2D eigenvalue weighted by Gasteiger charge is 2.41. The van der Waals surface area contributed by atoms with Crippen molar-refractivity contribution in [3.05, 3.63) is 47.3 Å². The highest BCUT2D eigenvalue weighted by Crippen LogP contribution is 2.34. The smallest absolute Gasteiger partial charge is 0.378 e. The minimum Gasteiger partial charge on any atom is -0.378 e. The number of rotatable bonds is 5. The third kappa shape index (κ3) is 4.55. The van der Waals surface area contributed by atoms with Crippen molar-refractivity contribution in [2.45, 2.75) is 32.6 Å². The van der Waals surface area contributed by atoms with Crippen LogP contribution in [0.4, 0.5) is 18.9 Å². The van der Waals surface area contributed by atoms with Gasteiger partial charge >= 0.3 is 6.18 Å². The van der Waals surface area contributed by atoms with Gasteiger partial charge in [-0.05, 0) is 25.5 Å². The first-order chi connectivity index (χ1) is 13.7. The van der Waals surface area contributed by atoms with Crippen LogP contribution < -0.4 is 4.90 Å². The average molecular weight is 410 g/mol. The Morgan fingerprint density at radius 2 is 1.90 bits per heavy atom. The Balaban J connectivity index is 1.86. The molecule has 9 heteroatoms. The number of ether oxygens (including phenoxy) is 1. The number of morpholine rings is 1. The van der Waals surface area contributed by atoms with E-state index in [9.17, 15) is 18.0 Å². The van der Waals surface area contributed by atoms with Crippen LogP contribution in [0.1, 0.15) is 41.5 Å². The number of carbonyl (C=O) groups is 1. The van der Waals surface area contributed by atoms with Gasteiger partial charge in [-0.15, -0.1) is 0 Å². The van der Waals surface area contributed by atoms with E-state index in [0.29, 0.717) is 13.2 Å². The number of carbonyl (C=O) groups excluding carboxylic acids is 1. The van der Waals surface area contributed by atoms with Gasteiger partial charge in [-0.3, -0.25) is 9.48 Å². The zero-order valence-corrected chi connectivity index (χ0v) is 16.7. The van der Waals surface area contributed by atoms with Crippen molar-refractivity contribution in [1.29, 1.82) is 0 Å². The van der Waals surface area contributed by atoms with Crippen LogP contribution in [0.3, 0.4) is 0 Å². The van der Waals surface area contributed by atoms with Gasteiger partial charge in [0.2, 0.25) is 0 Å². The second-order valence-electron chi connectivity index (χ2n) is 7.33. The zero-order chi connectivity index (χ0) is 21.2. The lowest BCUT2D eigenvalue weighted by molar-refractivity contribution is -0.145. The summed E-state index contributed by atoms with van der Waals surface area (Å²) in [5, 5.41) is 3.81. The van der Waals surface area contributed by atoms with E-state index in [1.807, 2.05) is 24.3 Å². The molecular formula is C20H25F3N4O2. The molecule has 1 fully saturated rings. The van der Waals surface area contributed by atoms with E-state index in [4.69, 9.17) is 4.74 Å². The van der Waals surface area contributed by atoms with Crippen LogP contribution >= 0.6 is 0 Å². The van der Waals surface area contributed by atoms with E-state index in [0.717, 1.165) is 35.2 Å². The molecule has 1 aromatic heterocycles. The lowest BCUT2D eigenvalue weighted by Crippen LogP contribution is -2.37. The first kappa shape index (κ1) is 21.2. The standard InChI is InChI=1S/C20H25F3N4O2/c1-14(2)27-18(20(21,22)23)16(12-24-27)19(28)25(3)13-15-6-4-5-7-17(15)26-8-10-29-11-9-26/h4-7,12,14H,8-11,13H2,1-3H3. The number of amides is 1. The summed E-state index contributed by atoms with van der Waals surface area (Å²) in [6.07, 6.45) is -3.66. The topological polar surface area (TPSA) is 50.6 Å². The first-order valence-electron chi connectivity index (χ1n) is 9.51. The van der Waals surface area contributed by atoms with E-state index in [2.05, 4.69) is 10.00 Å². The summed E-state index contributed by atoms with van der Waals surface area (Å²) in [5.41, 5.74) is 0.391. The number of para-hydroxylation sites is 1. The van der Waals surface area contributed by atoms with E-state index in [-0.39, 0.29) is 6.54 Å². The van der Waals surface area contributed by atoms with Gasteiger partial charge in [0.15, 0.2) is 5.69 Å².